The van der Waals surface area contributed by atoms with Gasteiger partial charge in [0.25, 0.3) is 0 Å². The number of nitrogens with zero attached hydrogens (tertiary/aromatic N) is 1. The maximum Gasteiger partial charge on any atom is 0.222 e. The average molecular weight is 281 g/mol. The van der Waals surface area contributed by atoms with Crippen LogP contribution in [-0.4, -0.2) is 35.1 Å². The molecule has 3 rings (SSSR count). The first kappa shape index (κ1) is 13.2. The fraction of sp³-hybridized carbons (Fsp3) is 0.857. The second kappa shape index (κ2) is 5.27. The van der Waals surface area contributed by atoms with Crippen molar-refractivity contribution >= 4 is 23.2 Å². The van der Waals surface area contributed by atoms with Gasteiger partial charge in [-0.15, -0.1) is 0 Å². The Kier molecular flexibility index (Phi) is 3.65. The number of fused-ring (bicyclic) bond motifs is 2. The van der Waals surface area contributed by atoms with Crippen molar-refractivity contribution < 1.29 is 4.79 Å². The van der Waals surface area contributed by atoms with E-state index in [9.17, 15) is 4.79 Å². The molecule has 0 aromatic rings. The highest BCUT2D eigenvalue weighted by Crippen LogP contribution is 2.44. The predicted molar refractivity (Wildman–Crippen MR) is 78.5 cm³/mol. The number of amides is 1. The van der Waals surface area contributed by atoms with Crippen LogP contribution in [0, 0.1) is 17.8 Å². The van der Waals surface area contributed by atoms with Gasteiger partial charge in [-0.05, 0) is 56.2 Å². The standard InChI is InChI=1S/C14H23N3OS/c15-13(18)11-2-1-5-17(8-11)14(19)16-12-7-9-3-4-10(12)6-9/h9-12H,1-8H2,(H2,15,18)(H,16,19). The summed E-state index contributed by atoms with van der Waals surface area (Å²) < 4.78 is 0. The minimum atomic E-state index is -0.188. The average Bonchev–Trinajstić information content (AvgIpc) is 3.01. The lowest BCUT2D eigenvalue weighted by molar-refractivity contribution is -0.122. The molecule has 4 nitrogen and oxygen atoms in total. The molecule has 3 fully saturated rings. The molecule has 3 aliphatic rings. The number of primary amides is 1. The summed E-state index contributed by atoms with van der Waals surface area (Å²) in [4.78, 5) is 13.4. The van der Waals surface area contributed by atoms with Gasteiger partial charge < -0.3 is 16.0 Å². The molecule has 0 aromatic heterocycles. The van der Waals surface area contributed by atoms with Gasteiger partial charge in [-0.25, -0.2) is 0 Å². The van der Waals surface area contributed by atoms with E-state index in [2.05, 4.69) is 10.2 Å². The van der Waals surface area contributed by atoms with Gasteiger partial charge in [0.1, 0.15) is 0 Å². The van der Waals surface area contributed by atoms with Gasteiger partial charge in [0.15, 0.2) is 5.11 Å². The molecule has 4 unspecified atom stereocenters. The van der Waals surface area contributed by atoms with Crippen molar-refractivity contribution in [3.8, 4) is 0 Å². The zero-order chi connectivity index (χ0) is 13.4. The topological polar surface area (TPSA) is 58.4 Å². The maximum absolute atomic E-state index is 11.3. The molecule has 3 N–H and O–H groups in total. The molecule has 0 radical (unpaired) electrons. The molecule has 4 atom stereocenters. The highest BCUT2D eigenvalue weighted by Gasteiger charge is 2.40. The fourth-order valence-corrected chi connectivity index (χ4v) is 4.38. The van der Waals surface area contributed by atoms with E-state index in [0.29, 0.717) is 12.6 Å². The molecule has 2 saturated carbocycles. The van der Waals surface area contributed by atoms with Crippen LogP contribution < -0.4 is 11.1 Å². The second-order valence-corrected chi connectivity index (χ2v) is 6.81. The minimum absolute atomic E-state index is 0.0338. The number of piperidine rings is 1. The molecular weight excluding hydrogens is 258 g/mol. The molecule has 1 aliphatic heterocycles. The molecular formula is C14H23N3OS. The van der Waals surface area contributed by atoms with Crippen molar-refractivity contribution in [2.45, 2.75) is 44.6 Å². The van der Waals surface area contributed by atoms with Crippen LogP contribution in [0.5, 0.6) is 0 Å². The van der Waals surface area contributed by atoms with Gasteiger partial charge in [-0.3, -0.25) is 4.79 Å². The zero-order valence-corrected chi connectivity index (χ0v) is 12.1. The van der Waals surface area contributed by atoms with Gasteiger partial charge in [-0.2, -0.15) is 0 Å². The minimum Gasteiger partial charge on any atom is -0.369 e. The summed E-state index contributed by atoms with van der Waals surface area (Å²) in [6, 6.07) is 0.570. The van der Waals surface area contributed by atoms with E-state index in [1.807, 2.05) is 0 Å². The van der Waals surface area contributed by atoms with E-state index in [-0.39, 0.29) is 11.8 Å². The van der Waals surface area contributed by atoms with Crippen LogP contribution in [0.3, 0.4) is 0 Å². The molecule has 1 amide bonds. The normalized spacial score (nSPS) is 37.4. The zero-order valence-electron chi connectivity index (χ0n) is 11.3. The number of nitrogens with one attached hydrogen (secondary N) is 1. The maximum atomic E-state index is 11.3. The monoisotopic (exact) mass is 281 g/mol. The first-order valence-corrected chi connectivity index (χ1v) is 7.89. The van der Waals surface area contributed by atoms with Gasteiger partial charge in [0, 0.05) is 19.1 Å². The van der Waals surface area contributed by atoms with Gasteiger partial charge in [-0.1, -0.05) is 6.42 Å². The van der Waals surface area contributed by atoms with Crippen LogP contribution in [0.2, 0.25) is 0 Å². The molecule has 106 valence electrons. The van der Waals surface area contributed by atoms with Crippen LogP contribution in [0.1, 0.15) is 38.5 Å². The molecule has 1 saturated heterocycles. The van der Waals surface area contributed by atoms with Crippen molar-refractivity contribution in [1.29, 1.82) is 0 Å². The van der Waals surface area contributed by atoms with Crippen molar-refractivity contribution in [2.75, 3.05) is 13.1 Å². The Morgan fingerprint density at radius 1 is 1.26 bits per heavy atom. The highest BCUT2D eigenvalue weighted by atomic mass is 32.1. The van der Waals surface area contributed by atoms with Gasteiger partial charge >= 0.3 is 0 Å². The summed E-state index contributed by atoms with van der Waals surface area (Å²) in [6.45, 7) is 1.65. The lowest BCUT2D eigenvalue weighted by Crippen LogP contribution is -2.51. The summed E-state index contributed by atoms with van der Waals surface area (Å²) in [7, 11) is 0. The summed E-state index contributed by atoms with van der Waals surface area (Å²) in [6.07, 6.45) is 7.33. The van der Waals surface area contributed by atoms with Crippen molar-refractivity contribution in [1.82, 2.24) is 10.2 Å². The van der Waals surface area contributed by atoms with Crippen molar-refractivity contribution in [2.24, 2.45) is 23.5 Å². The molecule has 0 aromatic carbocycles. The van der Waals surface area contributed by atoms with E-state index >= 15 is 0 Å². The van der Waals surface area contributed by atoms with Gasteiger partial charge in [0.2, 0.25) is 5.91 Å². The first-order chi connectivity index (χ1) is 9.13. The third-order valence-electron chi connectivity index (χ3n) is 5.16. The fourth-order valence-electron chi connectivity index (χ4n) is 4.07. The number of thiocarbonyl (C=S) groups is 1. The summed E-state index contributed by atoms with van der Waals surface area (Å²) in [5.41, 5.74) is 5.41. The third kappa shape index (κ3) is 2.71. The van der Waals surface area contributed by atoms with Crippen LogP contribution in [0.25, 0.3) is 0 Å². The molecule has 1 heterocycles. The number of hydrogen-bond acceptors (Lipinski definition) is 2. The Balaban J connectivity index is 1.54. The summed E-state index contributed by atoms with van der Waals surface area (Å²) in [5, 5.41) is 4.38. The van der Waals surface area contributed by atoms with E-state index in [4.69, 9.17) is 18.0 Å². The van der Waals surface area contributed by atoms with Crippen LogP contribution in [-0.2, 0) is 4.79 Å². The Bertz CT molecular complexity index is 387. The molecule has 19 heavy (non-hydrogen) atoms. The Morgan fingerprint density at radius 3 is 2.74 bits per heavy atom. The Labute approximate surface area is 120 Å². The van der Waals surface area contributed by atoms with Crippen LogP contribution in [0.4, 0.5) is 0 Å². The largest absolute Gasteiger partial charge is 0.369 e. The predicted octanol–water partition coefficient (Wildman–Crippen LogP) is 1.25. The second-order valence-electron chi connectivity index (χ2n) is 6.42. The van der Waals surface area contributed by atoms with Crippen molar-refractivity contribution in [3.63, 3.8) is 0 Å². The molecule has 2 bridgehead atoms. The van der Waals surface area contributed by atoms with E-state index in [0.717, 1.165) is 36.3 Å². The number of likely N-dealkylation sites (tertiary alicyclic amines) is 1. The van der Waals surface area contributed by atoms with Crippen molar-refractivity contribution in [3.05, 3.63) is 0 Å². The lowest BCUT2D eigenvalue weighted by Gasteiger charge is -2.35. The highest BCUT2D eigenvalue weighted by molar-refractivity contribution is 7.80. The number of carbonyl (C=O) groups excluding carboxylic acids is 1. The molecule has 0 spiro atoms. The number of carbonyl (C=O) groups is 1. The summed E-state index contributed by atoms with van der Waals surface area (Å²) >= 11 is 5.53. The van der Waals surface area contributed by atoms with E-state index < -0.39 is 0 Å². The smallest absolute Gasteiger partial charge is 0.222 e. The van der Waals surface area contributed by atoms with Crippen LogP contribution >= 0.6 is 12.2 Å². The Morgan fingerprint density at radius 2 is 2.11 bits per heavy atom. The molecule has 5 heteroatoms. The van der Waals surface area contributed by atoms with E-state index in [1.54, 1.807) is 0 Å². The third-order valence-corrected chi connectivity index (χ3v) is 5.53. The van der Waals surface area contributed by atoms with Crippen LogP contribution in [0.15, 0.2) is 0 Å². The SMILES string of the molecule is NC(=O)C1CCCN(C(=S)NC2CC3CCC2C3)C1. The number of hydrogen-bond donors (Lipinski definition) is 2. The number of nitrogens with two attached hydrogens (primary N) is 1. The Hall–Kier alpha value is -0.840. The first-order valence-electron chi connectivity index (χ1n) is 7.48. The molecule has 2 aliphatic carbocycles. The quantitative estimate of drug-likeness (QED) is 0.748. The van der Waals surface area contributed by atoms with E-state index in [1.165, 1.54) is 25.7 Å². The van der Waals surface area contributed by atoms with Gasteiger partial charge in [0.05, 0.1) is 5.92 Å². The lowest BCUT2D eigenvalue weighted by atomic mass is 9.95. The summed E-state index contributed by atoms with van der Waals surface area (Å²) in [5.74, 6) is 1.52. The number of rotatable bonds is 2.